The van der Waals surface area contributed by atoms with E-state index >= 15 is 0 Å². The number of pyridine rings is 1. The molecule has 0 aliphatic carbocycles. The van der Waals surface area contributed by atoms with Crippen molar-refractivity contribution in [3.63, 3.8) is 0 Å². The van der Waals surface area contributed by atoms with Crippen LogP contribution in [0.1, 0.15) is 89.8 Å². The second-order valence-corrected chi connectivity index (χ2v) is 9.83. The second kappa shape index (κ2) is 14.0. The molecule has 198 valence electrons. The molecule has 1 aliphatic rings. The Morgan fingerprint density at radius 2 is 1.83 bits per heavy atom. The van der Waals surface area contributed by atoms with Gasteiger partial charge in [-0.25, -0.2) is 14.8 Å². The number of amides is 1. The topological polar surface area (TPSA) is 86.7 Å². The normalized spacial score (nSPS) is 18.2. The van der Waals surface area contributed by atoms with Crippen molar-refractivity contribution in [2.45, 2.75) is 111 Å². The molecule has 2 unspecified atom stereocenters. The van der Waals surface area contributed by atoms with Crippen molar-refractivity contribution in [1.82, 2.24) is 19.9 Å². The van der Waals surface area contributed by atoms with Gasteiger partial charge in [0.05, 0.1) is 24.0 Å². The van der Waals surface area contributed by atoms with E-state index in [1.807, 2.05) is 37.8 Å². The van der Waals surface area contributed by atoms with Gasteiger partial charge in [0.1, 0.15) is 6.33 Å². The lowest BCUT2D eigenvalue weighted by molar-refractivity contribution is 0.0740. The van der Waals surface area contributed by atoms with Crippen LogP contribution in [-0.4, -0.2) is 50.7 Å². The largest absolute Gasteiger partial charge is 0.474 e. The molecule has 0 N–H and O–H groups in total. The molecule has 1 fully saturated rings. The number of rotatable bonds is 13. The van der Waals surface area contributed by atoms with Gasteiger partial charge in [0.25, 0.3) is 0 Å². The summed E-state index contributed by atoms with van der Waals surface area (Å²) < 4.78 is 17.8. The molecule has 2 aromatic rings. The third kappa shape index (κ3) is 7.80. The first-order chi connectivity index (χ1) is 17.4. The molecule has 1 aliphatic heterocycles. The van der Waals surface area contributed by atoms with E-state index in [0.717, 1.165) is 36.9 Å². The van der Waals surface area contributed by atoms with Crippen LogP contribution in [0.15, 0.2) is 24.7 Å². The minimum Gasteiger partial charge on any atom is -0.474 e. The first-order valence-electron chi connectivity index (χ1n) is 13.4. The SMILES string of the molecule is CCCCCCCCOC(=O)N1C(C)CCC1C[C@@H](C)Oc1ncnc(Oc2cccnc2C)c1C. The summed E-state index contributed by atoms with van der Waals surface area (Å²) in [7, 11) is 0. The molecule has 0 aromatic carbocycles. The Morgan fingerprint density at radius 1 is 1.08 bits per heavy atom. The average molecular weight is 499 g/mol. The van der Waals surface area contributed by atoms with Gasteiger partial charge >= 0.3 is 6.09 Å². The molecule has 36 heavy (non-hydrogen) atoms. The van der Waals surface area contributed by atoms with E-state index in [1.165, 1.54) is 32.0 Å². The monoisotopic (exact) mass is 498 g/mol. The summed E-state index contributed by atoms with van der Waals surface area (Å²) in [6.07, 6.45) is 12.5. The maximum absolute atomic E-state index is 12.9. The third-order valence-electron chi connectivity index (χ3n) is 6.79. The molecule has 1 saturated heterocycles. The van der Waals surface area contributed by atoms with Gasteiger partial charge in [-0.1, -0.05) is 39.0 Å². The van der Waals surface area contributed by atoms with E-state index in [-0.39, 0.29) is 24.3 Å². The lowest BCUT2D eigenvalue weighted by Gasteiger charge is -2.29. The number of carbonyl (C=O) groups excluding carboxylic acids is 1. The lowest BCUT2D eigenvalue weighted by atomic mass is 10.1. The van der Waals surface area contributed by atoms with E-state index < -0.39 is 0 Å². The second-order valence-electron chi connectivity index (χ2n) is 9.83. The Kier molecular flexibility index (Phi) is 10.8. The Morgan fingerprint density at radius 3 is 2.61 bits per heavy atom. The summed E-state index contributed by atoms with van der Waals surface area (Å²) in [5.41, 5.74) is 1.51. The number of aryl methyl sites for hydroxylation is 1. The van der Waals surface area contributed by atoms with Crippen LogP contribution in [0.5, 0.6) is 17.5 Å². The summed E-state index contributed by atoms with van der Waals surface area (Å²) in [6, 6.07) is 3.94. The number of aromatic nitrogens is 3. The van der Waals surface area contributed by atoms with Gasteiger partial charge < -0.3 is 19.1 Å². The predicted octanol–water partition coefficient (Wildman–Crippen LogP) is 6.79. The third-order valence-corrected chi connectivity index (χ3v) is 6.79. The first kappa shape index (κ1) is 27.7. The Labute approximate surface area is 215 Å². The first-order valence-corrected chi connectivity index (χ1v) is 13.4. The number of unbranched alkanes of at least 4 members (excludes halogenated alkanes) is 5. The lowest BCUT2D eigenvalue weighted by Crippen LogP contribution is -2.42. The molecule has 0 spiro atoms. The van der Waals surface area contributed by atoms with E-state index in [9.17, 15) is 4.79 Å². The van der Waals surface area contributed by atoms with Crippen LogP contribution < -0.4 is 9.47 Å². The highest BCUT2D eigenvalue weighted by atomic mass is 16.6. The van der Waals surface area contributed by atoms with Gasteiger partial charge in [-0.2, -0.15) is 0 Å². The number of likely N-dealkylation sites (tertiary alicyclic amines) is 1. The fraction of sp³-hybridized carbons (Fsp3) is 0.643. The van der Waals surface area contributed by atoms with Crippen molar-refractivity contribution in [2.75, 3.05) is 6.61 Å². The molecular weight excluding hydrogens is 456 g/mol. The molecule has 1 amide bonds. The average Bonchev–Trinajstić information content (AvgIpc) is 3.21. The number of hydrogen-bond donors (Lipinski definition) is 0. The molecular formula is C28H42N4O4. The standard InChI is InChI=1S/C28H42N4O4/c1-6-7-8-9-10-11-17-34-28(33)32-20(2)14-15-24(32)18-21(3)35-26-22(4)27(31-19-30-26)36-25-13-12-16-29-23(25)5/h12-13,16,19-21,24H,6-11,14-15,17-18H2,1-5H3/t20?,21-,24?/m1/s1. The summed E-state index contributed by atoms with van der Waals surface area (Å²) in [5, 5.41) is 0. The molecule has 3 rings (SSSR count). The van der Waals surface area contributed by atoms with Crippen LogP contribution in [-0.2, 0) is 4.74 Å². The minimum absolute atomic E-state index is 0.0861. The Bertz CT molecular complexity index is 970. The van der Waals surface area contributed by atoms with Crippen LogP contribution in [0.3, 0.4) is 0 Å². The van der Waals surface area contributed by atoms with Crippen LogP contribution in [0.4, 0.5) is 4.79 Å². The molecule has 8 heteroatoms. The Hall–Kier alpha value is -2.90. The van der Waals surface area contributed by atoms with Crippen LogP contribution >= 0.6 is 0 Å². The molecule has 3 heterocycles. The zero-order chi connectivity index (χ0) is 25.9. The summed E-state index contributed by atoms with van der Waals surface area (Å²) in [5.74, 6) is 1.57. The highest BCUT2D eigenvalue weighted by Crippen LogP contribution is 2.31. The van der Waals surface area contributed by atoms with Gasteiger partial charge in [0, 0.05) is 24.7 Å². The van der Waals surface area contributed by atoms with Gasteiger partial charge in [-0.15, -0.1) is 0 Å². The summed E-state index contributed by atoms with van der Waals surface area (Å²) >= 11 is 0. The van der Waals surface area contributed by atoms with E-state index in [2.05, 4.69) is 28.8 Å². The summed E-state index contributed by atoms with van der Waals surface area (Å²) in [4.78, 5) is 27.6. The van der Waals surface area contributed by atoms with Gasteiger partial charge in [0.15, 0.2) is 5.75 Å². The number of ether oxygens (including phenoxy) is 3. The fourth-order valence-electron chi connectivity index (χ4n) is 4.69. The number of carbonyl (C=O) groups is 1. The Balaban J connectivity index is 1.53. The zero-order valence-corrected chi connectivity index (χ0v) is 22.5. The van der Waals surface area contributed by atoms with Crippen LogP contribution in [0.2, 0.25) is 0 Å². The molecule has 3 atom stereocenters. The molecule has 0 saturated carbocycles. The summed E-state index contributed by atoms with van der Waals surface area (Å²) in [6.45, 7) is 10.6. The highest BCUT2D eigenvalue weighted by molar-refractivity contribution is 5.68. The molecule has 2 aromatic heterocycles. The maximum atomic E-state index is 12.9. The van der Waals surface area contributed by atoms with Gasteiger partial charge in [-0.05, 0) is 59.1 Å². The van der Waals surface area contributed by atoms with Crippen molar-refractivity contribution in [2.24, 2.45) is 0 Å². The van der Waals surface area contributed by atoms with Crippen LogP contribution in [0, 0.1) is 13.8 Å². The van der Waals surface area contributed by atoms with E-state index in [1.54, 1.807) is 6.20 Å². The van der Waals surface area contributed by atoms with Crippen molar-refractivity contribution in [3.05, 3.63) is 35.9 Å². The molecule has 0 radical (unpaired) electrons. The van der Waals surface area contributed by atoms with E-state index in [0.29, 0.717) is 30.5 Å². The quantitative estimate of drug-likeness (QED) is 0.281. The number of hydrogen-bond acceptors (Lipinski definition) is 7. The van der Waals surface area contributed by atoms with Crippen molar-refractivity contribution in [3.8, 4) is 17.5 Å². The fourth-order valence-corrected chi connectivity index (χ4v) is 4.69. The smallest absolute Gasteiger partial charge is 0.410 e. The number of nitrogens with zero attached hydrogens (tertiary/aromatic N) is 4. The highest BCUT2D eigenvalue weighted by Gasteiger charge is 2.36. The van der Waals surface area contributed by atoms with Gasteiger partial charge in [-0.3, -0.25) is 4.98 Å². The molecule has 8 nitrogen and oxygen atoms in total. The zero-order valence-electron chi connectivity index (χ0n) is 22.5. The van der Waals surface area contributed by atoms with Crippen molar-refractivity contribution in [1.29, 1.82) is 0 Å². The minimum atomic E-state index is -0.202. The van der Waals surface area contributed by atoms with Crippen molar-refractivity contribution < 1.29 is 19.0 Å². The molecule has 0 bridgehead atoms. The van der Waals surface area contributed by atoms with E-state index in [4.69, 9.17) is 14.2 Å². The maximum Gasteiger partial charge on any atom is 0.410 e. The van der Waals surface area contributed by atoms with Gasteiger partial charge in [0.2, 0.25) is 11.8 Å². The van der Waals surface area contributed by atoms with Crippen molar-refractivity contribution >= 4 is 6.09 Å². The van der Waals surface area contributed by atoms with Crippen LogP contribution in [0.25, 0.3) is 0 Å². The predicted molar refractivity (Wildman–Crippen MR) is 140 cm³/mol.